The van der Waals surface area contributed by atoms with E-state index in [-0.39, 0.29) is 11.9 Å². The van der Waals surface area contributed by atoms with Gasteiger partial charge in [0.1, 0.15) is 0 Å². The molecule has 92 valence electrons. The number of carbonyl (C=O) groups excluding carboxylic acids is 1. The molecule has 16 heavy (non-hydrogen) atoms. The zero-order chi connectivity index (χ0) is 12.0. The predicted molar refractivity (Wildman–Crippen MR) is 63.4 cm³/mol. The van der Waals surface area contributed by atoms with Crippen molar-refractivity contribution in [1.29, 1.82) is 0 Å². The maximum atomic E-state index is 11.2. The van der Waals surface area contributed by atoms with Gasteiger partial charge in [0.05, 0.1) is 18.8 Å². The number of ketones is 1. The Morgan fingerprint density at radius 3 is 2.81 bits per heavy atom. The Morgan fingerprint density at radius 1 is 1.50 bits per heavy atom. The molecule has 1 rings (SSSR count). The summed E-state index contributed by atoms with van der Waals surface area (Å²) in [6.07, 6.45) is 4.16. The molecule has 2 atom stereocenters. The molecule has 1 saturated heterocycles. The monoisotopic (exact) mass is 226 g/mol. The van der Waals surface area contributed by atoms with E-state index >= 15 is 0 Å². The Hall–Kier alpha value is -0.670. The number of Topliss-reactive ketones (excluding diaryl/α,β-unsaturated/α-hetero) is 1. The molecular formula is C13H22O3. The summed E-state index contributed by atoms with van der Waals surface area (Å²) in [4.78, 5) is 11.2. The molecule has 0 bridgehead atoms. The van der Waals surface area contributed by atoms with Crippen LogP contribution in [-0.2, 0) is 14.3 Å². The first-order chi connectivity index (χ1) is 7.59. The third-order valence-corrected chi connectivity index (χ3v) is 2.79. The van der Waals surface area contributed by atoms with Crippen LogP contribution in [-0.4, -0.2) is 31.2 Å². The molecule has 0 saturated carbocycles. The lowest BCUT2D eigenvalue weighted by molar-refractivity contribution is -0.115. The fraction of sp³-hybridized carbons (Fsp3) is 0.769. The Balaban J connectivity index is 1.96. The van der Waals surface area contributed by atoms with E-state index in [1.165, 1.54) is 0 Å². The first-order valence-corrected chi connectivity index (χ1v) is 6.01. The lowest BCUT2D eigenvalue weighted by Gasteiger charge is -2.11. The highest BCUT2D eigenvalue weighted by Gasteiger charge is 2.21. The van der Waals surface area contributed by atoms with Crippen LogP contribution in [0, 0.1) is 0 Å². The fourth-order valence-corrected chi connectivity index (χ4v) is 1.77. The standard InChI is InChI=1S/C13H22O3/c1-10(2)13(14)5-4-8-15-9-12-7-6-11(3)16-12/h11-12H,1,4-9H2,2-3H3. The predicted octanol–water partition coefficient (Wildman–Crippen LogP) is 2.50. The molecule has 1 aliphatic rings. The van der Waals surface area contributed by atoms with E-state index in [1.54, 1.807) is 6.92 Å². The molecule has 1 aliphatic heterocycles. The molecule has 1 heterocycles. The summed E-state index contributed by atoms with van der Waals surface area (Å²) < 4.78 is 11.1. The van der Waals surface area contributed by atoms with Crippen molar-refractivity contribution in [2.24, 2.45) is 0 Å². The molecule has 0 N–H and O–H groups in total. The van der Waals surface area contributed by atoms with E-state index in [9.17, 15) is 4.79 Å². The van der Waals surface area contributed by atoms with Crippen molar-refractivity contribution in [1.82, 2.24) is 0 Å². The smallest absolute Gasteiger partial charge is 0.158 e. The Labute approximate surface area is 97.8 Å². The Kier molecular flexibility index (Phi) is 5.71. The van der Waals surface area contributed by atoms with E-state index < -0.39 is 0 Å². The number of allylic oxidation sites excluding steroid dienone is 1. The van der Waals surface area contributed by atoms with Crippen LogP contribution in [0.5, 0.6) is 0 Å². The highest BCUT2D eigenvalue weighted by Crippen LogP contribution is 2.19. The summed E-state index contributed by atoms with van der Waals surface area (Å²) in [5.41, 5.74) is 0.632. The van der Waals surface area contributed by atoms with Crippen LogP contribution in [0.4, 0.5) is 0 Å². The number of ether oxygens (including phenoxy) is 2. The van der Waals surface area contributed by atoms with Crippen LogP contribution in [0.15, 0.2) is 12.2 Å². The minimum absolute atomic E-state index is 0.134. The summed E-state index contributed by atoms with van der Waals surface area (Å²) in [5, 5.41) is 0. The van der Waals surface area contributed by atoms with Crippen molar-refractivity contribution in [3.05, 3.63) is 12.2 Å². The quantitative estimate of drug-likeness (QED) is 0.494. The lowest BCUT2D eigenvalue weighted by Crippen LogP contribution is -2.16. The van der Waals surface area contributed by atoms with Crippen molar-refractivity contribution < 1.29 is 14.3 Å². The van der Waals surface area contributed by atoms with Crippen molar-refractivity contribution >= 4 is 5.78 Å². The van der Waals surface area contributed by atoms with Crippen LogP contribution in [0.3, 0.4) is 0 Å². The highest BCUT2D eigenvalue weighted by atomic mass is 16.5. The third kappa shape index (κ3) is 4.90. The van der Waals surface area contributed by atoms with Crippen LogP contribution >= 0.6 is 0 Å². The highest BCUT2D eigenvalue weighted by molar-refractivity contribution is 5.93. The summed E-state index contributed by atoms with van der Waals surface area (Å²) >= 11 is 0. The van der Waals surface area contributed by atoms with Crippen LogP contribution < -0.4 is 0 Å². The minimum atomic E-state index is 0.134. The lowest BCUT2D eigenvalue weighted by atomic mass is 10.1. The fourth-order valence-electron chi connectivity index (χ4n) is 1.77. The SMILES string of the molecule is C=C(C)C(=O)CCCOCC1CCC(C)O1. The number of carbonyl (C=O) groups is 1. The number of hydrogen-bond acceptors (Lipinski definition) is 3. The molecule has 1 fully saturated rings. The van der Waals surface area contributed by atoms with Crippen molar-refractivity contribution in [3.8, 4) is 0 Å². The van der Waals surface area contributed by atoms with Crippen molar-refractivity contribution in [2.45, 2.75) is 51.7 Å². The van der Waals surface area contributed by atoms with Gasteiger partial charge in [-0.1, -0.05) is 6.58 Å². The van der Waals surface area contributed by atoms with Gasteiger partial charge in [-0.05, 0) is 38.7 Å². The second-order valence-electron chi connectivity index (χ2n) is 4.53. The second kappa shape index (κ2) is 6.81. The van der Waals surface area contributed by atoms with Gasteiger partial charge < -0.3 is 9.47 Å². The summed E-state index contributed by atoms with van der Waals surface area (Å²) in [6, 6.07) is 0. The van der Waals surface area contributed by atoms with Crippen molar-refractivity contribution in [3.63, 3.8) is 0 Å². The summed E-state index contributed by atoms with van der Waals surface area (Å²) in [6.45, 7) is 8.74. The van der Waals surface area contributed by atoms with Gasteiger partial charge in [0.25, 0.3) is 0 Å². The molecule has 2 unspecified atom stereocenters. The van der Waals surface area contributed by atoms with Gasteiger partial charge in [0.15, 0.2) is 5.78 Å². The van der Waals surface area contributed by atoms with Gasteiger partial charge >= 0.3 is 0 Å². The average Bonchev–Trinajstić information content (AvgIpc) is 2.63. The molecule has 0 spiro atoms. The van der Waals surface area contributed by atoms with Gasteiger partial charge in [0.2, 0.25) is 0 Å². The number of rotatable bonds is 7. The number of hydrogen-bond donors (Lipinski definition) is 0. The molecule has 0 aromatic carbocycles. The molecule has 3 nitrogen and oxygen atoms in total. The zero-order valence-electron chi connectivity index (χ0n) is 10.3. The van der Waals surface area contributed by atoms with Gasteiger partial charge in [-0.2, -0.15) is 0 Å². The van der Waals surface area contributed by atoms with E-state index in [0.29, 0.717) is 31.3 Å². The van der Waals surface area contributed by atoms with Crippen LogP contribution in [0.1, 0.15) is 39.5 Å². The van der Waals surface area contributed by atoms with Gasteiger partial charge in [-0.15, -0.1) is 0 Å². The zero-order valence-corrected chi connectivity index (χ0v) is 10.3. The Morgan fingerprint density at radius 2 is 2.25 bits per heavy atom. The molecule has 0 radical (unpaired) electrons. The van der Waals surface area contributed by atoms with E-state index in [1.807, 2.05) is 0 Å². The van der Waals surface area contributed by atoms with Crippen molar-refractivity contribution in [2.75, 3.05) is 13.2 Å². The summed E-state index contributed by atoms with van der Waals surface area (Å²) in [5.74, 6) is 0.134. The molecule has 3 heteroatoms. The third-order valence-electron chi connectivity index (χ3n) is 2.79. The first kappa shape index (κ1) is 13.4. The van der Waals surface area contributed by atoms with Gasteiger partial charge in [-0.25, -0.2) is 0 Å². The normalized spacial score (nSPS) is 24.6. The molecule has 0 aliphatic carbocycles. The molecular weight excluding hydrogens is 204 g/mol. The molecule has 0 aromatic rings. The first-order valence-electron chi connectivity index (χ1n) is 6.01. The maximum Gasteiger partial charge on any atom is 0.158 e. The largest absolute Gasteiger partial charge is 0.379 e. The van der Waals surface area contributed by atoms with E-state index in [4.69, 9.17) is 9.47 Å². The molecule has 0 amide bonds. The van der Waals surface area contributed by atoms with Crippen LogP contribution in [0.2, 0.25) is 0 Å². The topological polar surface area (TPSA) is 35.5 Å². The average molecular weight is 226 g/mol. The van der Waals surface area contributed by atoms with E-state index in [0.717, 1.165) is 19.3 Å². The maximum absolute atomic E-state index is 11.2. The van der Waals surface area contributed by atoms with E-state index in [2.05, 4.69) is 13.5 Å². The Bertz CT molecular complexity index is 248. The van der Waals surface area contributed by atoms with Crippen LogP contribution in [0.25, 0.3) is 0 Å². The molecule has 0 aromatic heterocycles. The second-order valence-corrected chi connectivity index (χ2v) is 4.53. The summed E-state index contributed by atoms with van der Waals surface area (Å²) in [7, 11) is 0. The van der Waals surface area contributed by atoms with Gasteiger partial charge in [-0.3, -0.25) is 4.79 Å². The van der Waals surface area contributed by atoms with Gasteiger partial charge in [0, 0.05) is 13.0 Å². The minimum Gasteiger partial charge on any atom is -0.379 e.